The number of esters is 1. The zero-order valence-corrected chi connectivity index (χ0v) is 16.5. The fourth-order valence-electron chi connectivity index (χ4n) is 3.89. The molecule has 3 aliphatic rings. The third-order valence-electron chi connectivity index (χ3n) is 5.42. The number of likely N-dealkylation sites (N-methyl/N-ethyl adjacent to an activating group) is 1. The molecule has 0 radical (unpaired) electrons. The summed E-state index contributed by atoms with van der Waals surface area (Å²) in [7, 11) is 2.80. The van der Waals surface area contributed by atoms with E-state index in [1.165, 1.54) is 12.0 Å². The summed E-state index contributed by atoms with van der Waals surface area (Å²) in [5.74, 6) is -0.458. The van der Waals surface area contributed by atoms with Crippen LogP contribution in [0.3, 0.4) is 0 Å². The number of hydrogen-bond acceptors (Lipinski definition) is 7. The molecule has 3 heterocycles. The minimum atomic E-state index is -0.660. The van der Waals surface area contributed by atoms with Crippen LogP contribution < -0.4 is 4.90 Å². The number of benzene rings is 1. The van der Waals surface area contributed by atoms with E-state index in [0.29, 0.717) is 24.1 Å². The lowest BCUT2D eigenvalue weighted by Crippen LogP contribution is -2.65. The molecule has 0 N–H and O–H groups in total. The van der Waals surface area contributed by atoms with Crippen LogP contribution in [-0.2, 0) is 14.3 Å². The molecular weight excluding hydrogens is 386 g/mol. The lowest BCUT2D eigenvalue weighted by atomic mass is 10.1. The molecule has 0 aliphatic carbocycles. The second-order valence-electron chi connectivity index (χ2n) is 6.91. The van der Waals surface area contributed by atoms with Gasteiger partial charge in [-0.3, -0.25) is 14.5 Å². The third kappa shape index (κ3) is 2.61. The van der Waals surface area contributed by atoms with Crippen molar-refractivity contribution in [2.45, 2.75) is 19.1 Å². The average Bonchev–Trinajstić information content (AvgIpc) is 3.25. The van der Waals surface area contributed by atoms with E-state index in [0.717, 1.165) is 16.2 Å². The number of ether oxygens (including phenoxy) is 1. The Morgan fingerprint density at radius 2 is 2.07 bits per heavy atom. The van der Waals surface area contributed by atoms with E-state index in [-0.39, 0.29) is 0 Å². The highest BCUT2D eigenvalue weighted by molar-refractivity contribution is 6.31. The number of halogens is 1. The molecule has 0 saturated carbocycles. The Morgan fingerprint density at radius 1 is 1.32 bits per heavy atom. The number of aliphatic imine (C=N–C) groups is 1. The number of guanidine groups is 1. The van der Waals surface area contributed by atoms with Gasteiger partial charge in [0, 0.05) is 30.8 Å². The van der Waals surface area contributed by atoms with Crippen molar-refractivity contribution in [2.75, 3.05) is 38.7 Å². The Morgan fingerprint density at radius 3 is 2.79 bits per heavy atom. The van der Waals surface area contributed by atoms with Gasteiger partial charge in [-0.25, -0.2) is 9.79 Å². The molecule has 0 aromatic heterocycles. The molecule has 28 heavy (non-hydrogen) atoms. The molecule has 3 aliphatic heterocycles. The maximum absolute atomic E-state index is 13.0. The molecule has 3 amide bonds. The van der Waals surface area contributed by atoms with Crippen LogP contribution in [0.4, 0.5) is 10.5 Å². The van der Waals surface area contributed by atoms with Gasteiger partial charge in [-0.15, -0.1) is 0 Å². The Balaban J connectivity index is 1.67. The van der Waals surface area contributed by atoms with Gasteiger partial charge in [-0.2, -0.15) is 0 Å². The molecule has 1 aromatic carbocycles. The fraction of sp³-hybridized carbons (Fsp3) is 0.444. The van der Waals surface area contributed by atoms with Crippen molar-refractivity contribution in [3.05, 3.63) is 28.8 Å². The van der Waals surface area contributed by atoms with E-state index in [4.69, 9.17) is 11.6 Å². The molecule has 10 heteroatoms. The molecule has 0 bridgehead atoms. The first-order chi connectivity index (χ1) is 13.3. The minimum absolute atomic E-state index is 0.415. The summed E-state index contributed by atoms with van der Waals surface area (Å²) in [6.45, 7) is 2.74. The number of urea groups is 1. The van der Waals surface area contributed by atoms with E-state index >= 15 is 0 Å². The van der Waals surface area contributed by atoms with Gasteiger partial charge in [0.15, 0.2) is 12.2 Å². The van der Waals surface area contributed by atoms with Crippen LogP contribution in [0, 0.1) is 6.92 Å². The quantitative estimate of drug-likeness (QED) is 0.695. The zero-order valence-electron chi connectivity index (χ0n) is 15.8. The topological polar surface area (TPSA) is 85.8 Å². The van der Waals surface area contributed by atoms with Crippen molar-refractivity contribution >= 4 is 41.2 Å². The Hall–Kier alpha value is -2.81. The first-order valence-electron chi connectivity index (χ1n) is 8.87. The number of carbonyl (C=O) groups excluding carboxylic acids is 3. The van der Waals surface area contributed by atoms with Gasteiger partial charge in [0.25, 0.3) is 5.91 Å². The van der Waals surface area contributed by atoms with Crippen LogP contribution in [0.1, 0.15) is 5.56 Å². The van der Waals surface area contributed by atoms with E-state index in [1.807, 2.05) is 34.9 Å². The van der Waals surface area contributed by atoms with Crippen molar-refractivity contribution in [1.29, 1.82) is 0 Å². The summed E-state index contributed by atoms with van der Waals surface area (Å²) in [5.41, 5.74) is 1.84. The lowest BCUT2D eigenvalue weighted by molar-refractivity contribution is -0.148. The number of imide groups is 1. The normalized spacial score (nSPS) is 23.8. The van der Waals surface area contributed by atoms with Crippen LogP contribution in [0.25, 0.3) is 0 Å². The molecule has 9 nitrogen and oxygen atoms in total. The van der Waals surface area contributed by atoms with Crippen molar-refractivity contribution in [1.82, 2.24) is 14.7 Å². The van der Waals surface area contributed by atoms with E-state index < -0.39 is 36.7 Å². The molecule has 0 spiro atoms. The summed E-state index contributed by atoms with van der Waals surface area (Å²) in [6.07, 6.45) is -0.633. The van der Waals surface area contributed by atoms with Crippen molar-refractivity contribution in [3.63, 3.8) is 0 Å². The van der Waals surface area contributed by atoms with Crippen LogP contribution in [0.5, 0.6) is 0 Å². The number of rotatable bonds is 3. The van der Waals surface area contributed by atoms with Gasteiger partial charge in [0.05, 0.1) is 7.11 Å². The largest absolute Gasteiger partial charge is 0.468 e. The fourth-order valence-corrected chi connectivity index (χ4v) is 4.06. The monoisotopic (exact) mass is 405 g/mol. The number of fused-ring (bicyclic) bond motifs is 3. The molecule has 2 fully saturated rings. The highest BCUT2D eigenvalue weighted by Gasteiger charge is 2.55. The van der Waals surface area contributed by atoms with Crippen LogP contribution in [0.2, 0.25) is 5.02 Å². The molecule has 2 saturated heterocycles. The Kier molecular flexibility index (Phi) is 4.41. The molecule has 2 unspecified atom stereocenters. The van der Waals surface area contributed by atoms with Crippen LogP contribution in [-0.4, -0.2) is 84.6 Å². The summed E-state index contributed by atoms with van der Waals surface area (Å²) >= 11 is 6.27. The molecular formula is C18H20ClN5O4. The van der Waals surface area contributed by atoms with Crippen molar-refractivity contribution in [3.8, 4) is 0 Å². The van der Waals surface area contributed by atoms with Gasteiger partial charge in [-0.05, 0) is 24.6 Å². The first-order valence-corrected chi connectivity index (χ1v) is 9.25. The number of methoxy groups -OCH3 is 1. The van der Waals surface area contributed by atoms with Gasteiger partial charge in [-0.1, -0.05) is 17.7 Å². The standard InChI is InChI=1S/C18H20ClN5O4/c1-10-11(19)5-4-6-12(10)22-7-8-23-14-15(20-17(22)23)21(2)18(27)24(16(14)26)9-13(25)28-3/h4-6,14-15H,7-9H2,1-3H3. The van der Waals surface area contributed by atoms with Gasteiger partial charge < -0.3 is 19.4 Å². The van der Waals surface area contributed by atoms with Gasteiger partial charge in [0.1, 0.15) is 6.54 Å². The summed E-state index contributed by atoms with van der Waals surface area (Å²) in [6, 6.07) is 4.43. The van der Waals surface area contributed by atoms with Gasteiger partial charge in [0.2, 0.25) is 5.96 Å². The van der Waals surface area contributed by atoms with Crippen molar-refractivity contribution < 1.29 is 19.1 Å². The first kappa shape index (κ1) is 18.5. The summed E-state index contributed by atoms with van der Waals surface area (Å²) in [4.78, 5) is 48.2. The third-order valence-corrected chi connectivity index (χ3v) is 5.83. The number of carbonyl (C=O) groups is 3. The van der Waals surface area contributed by atoms with Crippen LogP contribution >= 0.6 is 11.6 Å². The predicted octanol–water partition coefficient (Wildman–Crippen LogP) is 0.902. The second kappa shape index (κ2) is 6.66. The summed E-state index contributed by atoms with van der Waals surface area (Å²) in [5, 5.41) is 0.652. The Bertz CT molecular complexity index is 904. The molecule has 4 rings (SSSR count). The Labute approximate surface area is 167 Å². The minimum Gasteiger partial charge on any atom is -0.468 e. The molecule has 1 aromatic rings. The average molecular weight is 406 g/mol. The molecule has 2 atom stereocenters. The van der Waals surface area contributed by atoms with Gasteiger partial charge >= 0.3 is 12.0 Å². The zero-order chi connectivity index (χ0) is 20.2. The van der Waals surface area contributed by atoms with Crippen LogP contribution in [0.15, 0.2) is 23.2 Å². The van der Waals surface area contributed by atoms with Crippen molar-refractivity contribution in [2.24, 2.45) is 4.99 Å². The maximum atomic E-state index is 13.0. The lowest BCUT2D eigenvalue weighted by Gasteiger charge is -2.40. The maximum Gasteiger partial charge on any atom is 0.328 e. The van der Waals surface area contributed by atoms with E-state index in [2.05, 4.69) is 9.73 Å². The number of nitrogens with zero attached hydrogens (tertiary/aromatic N) is 5. The molecule has 148 valence electrons. The second-order valence-corrected chi connectivity index (χ2v) is 7.32. The highest BCUT2D eigenvalue weighted by Crippen LogP contribution is 2.35. The highest BCUT2D eigenvalue weighted by atomic mass is 35.5. The van der Waals surface area contributed by atoms with E-state index in [9.17, 15) is 14.4 Å². The number of amides is 3. The predicted molar refractivity (Wildman–Crippen MR) is 102 cm³/mol. The number of hydrogen-bond donors (Lipinski definition) is 0. The van der Waals surface area contributed by atoms with E-state index in [1.54, 1.807) is 7.05 Å². The number of anilines is 1. The SMILES string of the molecule is COC(=O)CN1C(=O)C2C(N=C3N(c4cccc(Cl)c4C)CCN32)N(C)C1=O. The smallest absolute Gasteiger partial charge is 0.328 e. The summed E-state index contributed by atoms with van der Waals surface area (Å²) < 4.78 is 4.62.